The van der Waals surface area contributed by atoms with Gasteiger partial charge in [-0.25, -0.2) is 4.98 Å². The molecule has 0 saturated heterocycles. The van der Waals surface area contributed by atoms with Crippen molar-refractivity contribution in [2.75, 3.05) is 17.7 Å². The van der Waals surface area contributed by atoms with Crippen LogP contribution in [0, 0.1) is 0 Å². The summed E-state index contributed by atoms with van der Waals surface area (Å²) in [5.74, 6) is 1.19. The molecule has 0 aliphatic carbocycles. The number of methoxy groups -OCH3 is 1. The predicted octanol–water partition coefficient (Wildman–Crippen LogP) is 2.34. The number of hydrogen-bond acceptors (Lipinski definition) is 5. The molecule has 2 aromatic heterocycles. The lowest BCUT2D eigenvalue weighted by atomic mass is 10.2. The Bertz CT molecular complexity index is 933. The van der Waals surface area contributed by atoms with Crippen molar-refractivity contribution in [3.63, 3.8) is 0 Å². The van der Waals surface area contributed by atoms with Gasteiger partial charge in [-0.05, 0) is 30.3 Å². The van der Waals surface area contributed by atoms with Gasteiger partial charge in [0.15, 0.2) is 0 Å². The molecule has 1 atom stereocenters. The highest BCUT2D eigenvalue weighted by Crippen LogP contribution is 2.27. The second-order valence-corrected chi connectivity index (χ2v) is 5.35. The summed E-state index contributed by atoms with van der Waals surface area (Å²) in [5, 5.41) is 5.96. The molecule has 1 aromatic carbocycles. The van der Waals surface area contributed by atoms with Crippen LogP contribution in [0.2, 0.25) is 0 Å². The summed E-state index contributed by atoms with van der Waals surface area (Å²) in [4.78, 5) is 20.9. The van der Waals surface area contributed by atoms with Gasteiger partial charge in [-0.2, -0.15) is 0 Å². The third-order valence-corrected chi connectivity index (χ3v) is 3.82. The number of pyridine rings is 1. The van der Waals surface area contributed by atoms with Crippen molar-refractivity contribution in [3.05, 3.63) is 48.8 Å². The van der Waals surface area contributed by atoms with Crippen LogP contribution in [-0.2, 0) is 4.79 Å². The highest BCUT2D eigenvalue weighted by Gasteiger charge is 2.22. The van der Waals surface area contributed by atoms with E-state index in [9.17, 15) is 4.79 Å². The number of ether oxygens (including phenoxy) is 1. The zero-order valence-corrected chi connectivity index (χ0v) is 12.9. The van der Waals surface area contributed by atoms with Crippen LogP contribution in [0.5, 0.6) is 5.75 Å². The molecule has 4 rings (SSSR count). The molecule has 7 heteroatoms. The number of nitrogens with one attached hydrogen (secondary N) is 2. The number of nitrogens with zero attached hydrogens (tertiary/aromatic N) is 3. The molecule has 0 fully saturated rings. The average Bonchev–Trinajstić information content (AvgIpc) is 2.99. The molecule has 2 N–H and O–H groups in total. The van der Waals surface area contributed by atoms with Crippen LogP contribution in [0.4, 0.5) is 11.6 Å². The van der Waals surface area contributed by atoms with Crippen LogP contribution < -0.4 is 15.4 Å². The highest BCUT2D eigenvalue weighted by atomic mass is 16.5. The second-order valence-electron chi connectivity index (χ2n) is 5.35. The Morgan fingerprint density at radius 2 is 2.29 bits per heavy atom. The number of fused-ring (bicyclic) bond motifs is 3. The fraction of sp³-hybridized carbons (Fsp3) is 0.118. The zero-order chi connectivity index (χ0) is 16.5. The van der Waals surface area contributed by atoms with E-state index in [1.807, 2.05) is 29.0 Å². The Balaban J connectivity index is 1.59. The third-order valence-electron chi connectivity index (χ3n) is 3.82. The normalized spacial score (nSPS) is 15.6. The number of imidazole rings is 1. The minimum atomic E-state index is -0.503. The maximum absolute atomic E-state index is 12.4. The lowest BCUT2D eigenvalue weighted by Crippen LogP contribution is -2.35. The van der Waals surface area contributed by atoms with Crippen molar-refractivity contribution >= 4 is 34.8 Å². The standard InChI is InChI=1S/C17H15N5O2/c1-24-12-4-5-15-14(9-12)21-17-20-13(6-8-22(15)17)16(23)19-11-3-2-7-18-10-11/h2-10,13H,1H3,(H,19,23)(H,20,21). The molecule has 3 heterocycles. The number of rotatable bonds is 3. The first kappa shape index (κ1) is 14.3. The van der Waals surface area contributed by atoms with Crippen LogP contribution in [0.1, 0.15) is 0 Å². The number of carbonyl (C=O) groups is 1. The Kier molecular flexibility index (Phi) is 3.38. The molecule has 1 unspecified atom stereocenters. The first-order chi connectivity index (χ1) is 11.7. The van der Waals surface area contributed by atoms with Gasteiger partial charge >= 0.3 is 0 Å². The molecular formula is C17H15N5O2. The van der Waals surface area contributed by atoms with Crippen molar-refractivity contribution in [3.8, 4) is 5.75 Å². The minimum Gasteiger partial charge on any atom is -0.497 e. The van der Waals surface area contributed by atoms with Crippen molar-refractivity contribution < 1.29 is 9.53 Å². The molecular weight excluding hydrogens is 306 g/mol. The van der Waals surface area contributed by atoms with E-state index in [4.69, 9.17) is 4.74 Å². The molecule has 120 valence electrons. The number of carbonyl (C=O) groups excluding carboxylic acids is 1. The molecule has 0 radical (unpaired) electrons. The van der Waals surface area contributed by atoms with E-state index in [1.54, 1.807) is 37.7 Å². The quantitative estimate of drug-likeness (QED) is 0.774. The van der Waals surface area contributed by atoms with E-state index in [-0.39, 0.29) is 5.91 Å². The Morgan fingerprint density at radius 3 is 3.08 bits per heavy atom. The first-order valence-corrected chi connectivity index (χ1v) is 7.46. The van der Waals surface area contributed by atoms with Gasteiger partial charge in [0, 0.05) is 18.5 Å². The maximum Gasteiger partial charge on any atom is 0.251 e. The largest absolute Gasteiger partial charge is 0.497 e. The smallest absolute Gasteiger partial charge is 0.251 e. The van der Waals surface area contributed by atoms with E-state index >= 15 is 0 Å². The van der Waals surface area contributed by atoms with E-state index < -0.39 is 6.04 Å². The molecule has 0 bridgehead atoms. The molecule has 3 aromatic rings. The summed E-state index contributed by atoms with van der Waals surface area (Å²) in [5.41, 5.74) is 2.40. The Morgan fingerprint density at radius 1 is 1.38 bits per heavy atom. The van der Waals surface area contributed by atoms with Crippen molar-refractivity contribution in [1.82, 2.24) is 14.5 Å². The summed E-state index contributed by atoms with van der Waals surface area (Å²) in [6.45, 7) is 0. The van der Waals surface area contributed by atoms with Crippen LogP contribution in [0.3, 0.4) is 0 Å². The predicted molar refractivity (Wildman–Crippen MR) is 91.9 cm³/mol. The van der Waals surface area contributed by atoms with E-state index in [1.165, 1.54) is 0 Å². The minimum absolute atomic E-state index is 0.171. The molecule has 0 spiro atoms. The SMILES string of the molecule is COc1ccc2c(c1)nc1n2C=CC(C(=O)Nc2cccnc2)N1. The molecule has 1 aliphatic heterocycles. The average molecular weight is 321 g/mol. The third kappa shape index (κ3) is 2.45. The number of amides is 1. The highest BCUT2D eigenvalue weighted by molar-refractivity contribution is 5.99. The maximum atomic E-state index is 12.4. The number of anilines is 2. The summed E-state index contributed by atoms with van der Waals surface area (Å²) in [6.07, 6.45) is 6.90. The number of hydrogen-bond donors (Lipinski definition) is 2. The Labute approximate surface area is 138 Å². The van der Waals surface area contributed by atoms with Gasteiger partial charge in [-0.3, -0.25) is 14.3 Å². The van der Waals surface area contributed by atoms with E-state index in [0.717, 1.165) is 16.8 Å². The fourth-order valence-electron chi connectivity index (χ4n) is 2.63. The summed E-state index contributed by atoms with van der Waals surface area (Å²) in [7, 11) is 1.62. The van der Waals surface area contributed by atoms with Gasteiger partial charge < -0.3 is 15.4 Å². The number of aromatic nitrogens is 3. The molecule has 1 aliphatic rings. The van der Waals surface area contributed by atoms with Crippen molar-refractivity contribution in [1.29, 1.82) is 0 Å². The Hall–Kier alpha value is -3.35. The van der Waals surface area contributed by atoms with Gasteiger partial charge in [-0.1, -0.05) is 0 Å². The van der Waals surface area contributed by atoms with Crippen LogP contribution in [0.15, 0.2) is 48.8 Å². The van der Waals surface area contributed by atoms with Crippen LogP contribution in [-0.4, -0.2) is 33.6 Å². The van der Waals surface area contributed by atoms with Crippen molar-refractivity contribution in [2.45, 2.75) is 6.04 Å². The fourth-order valence-corrected chi connectivity index (χ4v) is 2.63. The van der Waals surface area contributed by atoms with E-state index in [0.29, 0.717) is 11.6 Å². The lowest BCUT2D eigenvalue weighted by Gasteiger charge is -2.19. The molecule has 7 nitrogen and oxygen atoms in total. The lowest BCUT2D eigenvalue weighted by molar-refractivity contribution is -0.116. The summed E-state index contributed by atoms with van der Waals surface area (Å²) in [6, 6.07) is 8.74. The van der Waals surface area contributed by atoms with Gasteiger partial charge in [0.25, 0.3) is 5.91 Å². The number of benzene rings is 1. The molecule has 1 amide bonds. The summed E-state index contributed by atoms with van der Waals surface area (Å²) < 4.78 is 7.13. The zero-order valence-electron chi connectivity index (χ0n) is 12.9. The molecule has 24 heavy (non-hydrogen) atoms. The van der Waals surface area contributed by atoms with Crippen LogP contribution in [0.25, 0.3) is 17.2 Å². The van der Waals surface area contributed by atoms with E-state index in [2.05, 4.69) is 20.6 Å². The van der Waals surface area contributed by atoms with Crippen LogP contribution >= 0.6 is 0 Å². The van der Waals surface area contributed by atoms with Gasteiger partial charge in [0.2, 0.25) is 5.95 Å². The molecule has 0 saturated carbocycles. The first-order valence-electron chi connectivity index (χ1n) is 7.46. The van der Waals surface area contributed by atoms with Crippen molar-refractivity contribution in [2.24, 2.45) is 0 Å². The monoisotopic (exact) mass is 321 g/mol. The topological polar surface area (TPSA) is 81.1 Å². The van der Waals surface area contributed by atoms with Gasteiger partial charge in [0.05, 0.1) is 30.0 Å². The summed E-state index contributed by atoms with van der Waals surface area (Å²) >= 11 is 0. The van der Waals surface area contributed by atoms with Gasteiger partial charge in [0.1, 0.15) is 11.8 Å². The second kappa shape index (κ2) is 5.69. The van der Waals surface area contributed by atoms with Gasteiger partial charge in [-0.15, -0.1) is 0 Å².